The molecule has 0 fully saturated rings. The maximum absolute atomic E-state index is 13.0. The van der Waals surface area contributed by atoms with Crippen LogP contribution in [0, 0.1) is 5.92 Å². The number of nitrogens with one attached hydrogen (secondary N) is 4. The molecule has 0 bridgehead atoms. The molecular formula is C26H41N7O8. The summed E-state index contributed by atoms with van der Waals surface area (Å²) in [5, 5.41) is 28.3. The minimum absolute atomic E-state index is 0.00742. The molecule has 0 aromatic heterocycles. The van der Waals surface area contributed by atoms with Crippen molar-refractivity contribution in [1.29, 1.82) is 0 Å². The van der Waals surface area contributed by atoms with Crippen molar-refractivity contribution in [2.75, 3.05) is 13.1 Å². The Morgan fingerprint density at radius 1 is 0.878 bits per heavy atom. The number of carbonyl (C=O) groups is 6. The highest BCUT2D eigenvalue weighted by atomic mass is 16.4. The van der Waals surface area contributed by atoms with Crippen LogP contribution < -0.4 is 38.5 Å². The highest BCUT2D eigenvalue weighted by Gasteiger charge is 2.30. The lowest BCUT2D eigenvalue weighted by Crippen LogP contribution is -2.56. The maximum atomic E-state index is 13.0. The van der Waals surface area contributed by atoms with E-state index in [0.29, 0.717) is 31.4 Å². The maximum Gasteiger partial charge on any atom is 0.326 e. The Hall–Kier alpha value is -4.24. The van der Waals surface area contributed by atoms with Crippen molar-refractivity contribution >= 4 is 35.5 Å². The lowest BCUT2D eigenvalue weighted by atomic mass is 10.0. The number of hydrogen-bond donors (Lipinski definition) is 9. The topological polar surface area (TPSA) is 269 Å². The zero-order valence-electron chi connectivity index (χ0n) is 23.2. The van der Waals surface area contributed by atoms with Gasteiger partial charge >= 0.3 is 5.97 Å². The summed E-state index contributed by atoms with van der Waals surface area (Å²) in [6.07, 6.45) is 1.04. The van der Waals surface area contributed by atoms with Crippen LogP contribution in [0.25, 0.3) is 0 Å². The molecule has 1 aromatic rings. The third kappa shape index (κ3) is 13.1. The minimum Gasteiger partial charge on any atom is -0.508 e. The van der Waals surface area contributed by atoms with Gasteiger partial charge in [-0.1, -0.05) is 32.4 Å². The Morgan fingerprint density at radius 3 is 2.05 bits per heavy atom. The van der Waals surface area contributed by atoms with Crippen LogP contribution >= 0.6 is 0 Å². The molecule has 0 heterocycles. The van der Waals surface area contributed by atoms with E-state index >= 15 is 0 Å². The summed E-state index contributed by atoms with van der Waals surface area (Å²) in [4.78, 5) is 73.7. The number of carboxylic acids is 1. The van der Waals surface area contributed by atoms with Gasteiger partial charge in [0.2, 0.25) is 29.5 Å². The quantitative estimate of drug-likeness (QED) is 0.0830. The first-order valence-electron chi connectivity index (χ1n) is 13.2. The zero-order chi connectivity index (χ0) is 31.1. The summed E-state index contributed by atoms with van der Waals surface area (Å²) in [6.45, 7) is 2.94. The van der Waals surface area contributed by atoms with Gasteiger partial charge in [0, 0.05) is 6.42 Å². The van der Waals surface area contributed by atoms with Gasteiger partial charge in [0.25, 0.3) is 0 Å². The number of phenols is 1. The van der Waals surface area contributed by atoms with Crippen LogP contribution in [0.4, 0.5) is 0 Å². The summed E-state index contributed by atoms with van der Waals surface area (Å²) >= 11 is 0. The van der Waals surface area contributed by atoms with Gasteiger partial charge in [-0.2, -0.15) is 0 Å². The average Bonchev–Trinajstić information content (AvgIpc) is 2.89. The second-order valence-corrected chi connectivity index (χ2v) is 9.90. The van der Waals surface area contributed by atoms with Crippen molar-refractivity contribution in [2.45, 2.75) is 70.1 Å². The first-order chi connectivity index (χ1) is 19.2. The average molecular weight is 580 g/mol. The fraction of sp³-hybridized carbons (Fsp3) is 0.538. The molecule has 0 aliphatic rings. The van der Waals surface area contributed by atoms with Crippen molar-refractivity contribution in [2.24, 2.45) is 23.1 Å². The molecule has 15 heteroatoms. The molecule has 0 saturated carbocycles. The Balaban J connectivity index is 2.92. The molecule has 12 N–H and O–H groups in total. The number of hydrogen-bond acceptors (Lipinski definition) is 9. The smallest absolute Gasteiger partial charge is 0.326 e. The fourth-order valence-electron chi connectivity index (χ4n) is 3.71. The van der Waals surface area contributed by atoms with Crippen molar-refractivity contribution < 1.29 is 39.0 Å². The molecule has 0 aliphatic heterocycles. The summed E-state index contributed by atoms with van der Waals surface area (Å²) in [5.74, 6) is -5.84. The third-order valence-electron chi connectivity index (χ3n) is 6.03. The molecule has 5 amide bonds. The van der Waals surface area contributed by atoms with Gasteiger partial charge in [-0.25, -0.2) is 4.79 Å². The van der Waals surface area contributed by atoms with E-state index in [1.54, 1.807) is 26.0 Å². The summed E-state index contributed by atoms with van der Waals surface area (Å²) < 4.78 is 0. The minimum atomic E-state index is -1.49. The SMILES string of the molecule is CC(C)[C@H](NC(=O)[C@H](CC(N)=O)NC(=O)CNC(=O)[C@H](Cc1ccc(O)cc1)NC(=O)[C@@H](N)CCCCN)C(=O)O. The van der Waals surface area contributed by atoms with Crippen molar-refractivity contribution in [3.05, 3.63) is 29.8 Å². The number of phenolic OH excluding ortho intramolecular Hbond substituents is 1. The second-order valence-electron chi connectivity index (χ2n) is 9.90. The zero-order valence-corrected chi connectivity index (χ0v) is 23.2. The highest BCUT2D eigenvalue weighted by molar-refractivity contribution is 5.95. The molecular weight excluding hydrogens is 538 g/mol. The van der Waals surface area contributed by atoms with E-state index in [0.717, 1.165) is 0 Å². The van der Waals surface area contributed by atoms with Crippen molar-refractivity contribution in [3.8, 4) is 5.75 Å². The molecule has 1 aromatic carbocycles. The van der Waals surface area contributed by atoms with Gasteiger partial charge in [-0.15, -0.1) is 0 Å². The van der Waals surface area contributed by atoms with Gasteiger partial charge in [0.05, 0.1) is 19.0 Å². The standard InChI is InChI=1S/C26H41N7O8/c1-14(2)22(26(40)41)33-25(39)19(12-20(29)35)31-21(36)13-30-24(38)18(11-15-6-8-16(34)9-7-15)32-23(37)17(28)5-3-4-10-27/h6-9,14,17-19,22,34H,3-5,10-13,27-28H2,1-2H3,(H2,29,35)(H,30,38)(H,31,36)(H,32,37)(H,33,39)(H,40,41)/t17-,18-,19-,22-/m0/s1. The summed E-state index contributed by atoms with van der Waals surface area (Å²) in [6, 6.07) is 1.14. The van der Waals surface area contributed by atoms with Gasteiger partial charge in [0.15, 0.2) is 0 Å². The second kappa shape index (κ2) is 17.5. The lowest BCUT2D eigenvalue weighted by molar-refractivity contribution is -0.143. The molecule has 1 rings (SSSR count). The molecule has 0 radical (unpaired) electrons. The Labute approximate surface area is 238 Å². The van der Waals surface area contributed by atoms with E-state index in [-0.39, 0.29) is 12.2 Å². The molecule has 0 spiro atoms. The predicted octanol–water partition coefficient (Wildman–Crippen LogP) is -2.42. The molecule has 4 atom stereocenters. The summed E-state index contributed by atoms with van der Waals surface area (Å²) in [5.41, 5.74) is 17.2. The predicted molar refractivity (Wildman–Crippen MR) is 148 cm³/mol. The molecule has 0 aliphatic carbocycles. The monoisotopic (exact) mass is 579 g/mol. The third-order valence-corrected chi connectivity index (χ3v) is 6.03. The van der Waals surface area contributed by atoms with Crippen molar-refractivity contribution in [1.82, 2.24) is 21.3 Å². The first-order valence-corrected chi connectivity index (χ1v) is 13.2. The molecule has 0 unspecified atom stereocenters. The van der Waals surface area contributed by atoms with Crippen LogP contribution in [-0.2, 0) is 35.2 Å². The number of unbranched alkanes of at least 4 members (excludes halogenated alkanes) is 1. The van der Waals surface area contributed by atoms with E-state index in [1.165, 1.54) is 12.1 Å². The first kappa shape index (κ1) is 34.8. The largest absolute Gasteiger partial charge is 0.508 e. The van der Waals surface area contributed by atoms with E-state index in [9.17, 15) is 39.0 Å². The molecule has 0 saturated heterocycles. The molecule has 41 heavy (non-hydrogen) atoms. The Bertz CT molecular complexity index is 1060. The number of aromatic hydroxyl groups is 1. The normalized spacial score (nSPS) is 13.8. The van der Waals surface area contributed by atoms with Gasteiger partial charge in [-0.05, 0) is 43.0 Å². The van der Waals surface area contributed by atoms with Gasteiger partial charge in [0.1, 0.15) is 23.9 Å². The number of carbonyl (C=O) groups excluding carboxylic acids is 5. The fourth-order valence-corrected chi connectivity index (χ4v) is 3.71. The van der Waals surface area contributed by atoms with Gasteiger partial charge < -0.3 is 48.7 Å². The van der Waals surface area contributed by atoms with Crippen LogP contribution in [-0.4, -0.2) is 83.0 Å². The summed E-state index contributed by atoms with van der Waals surface area (Å²) in [7, 11) is 0. The Kier molecular flexibility index (Phi) is 14.8. The lowest BCUT2D eigenvalue weighted by Gasteiger charge is -2.23. The number of nitrogens with two attached hydrogens (primary N) is 3. The number of carboxylic acid groups (broad SMARTS) is 1. The van der Waals surface area contributed by atoms with Crippen LogP contribution in [0.2, 0.25) is 0 Å². The van der Waals surface area contributed by atoms with E-state index < -0.39 is 78.6 Å². The van der Waals surface area contributed by atoms with E-state index in [2.05, 4.69) is 21.3 Å². The number of primary amides is 1. The van der Waals surface area contributed by atoms with E-state index in [4.69, 9.17) is 17.2 Å². The van der Waals surface area contributed by atoms with Crippen LogP contribution in [0.1, 0.15) is 45.1 Å². The number of benzene rings is 1. The van der Waals surface area contributed by atoms with Crippen LogP contribution in [0.5, 0.6) is 5.75 Å². The number of amides is 5. The molecule has 228 valence electrons. The number of aliphatic carboxylic acids is 1. The van der Waals surface area contributed by atoms with Crippen LogP contribution in [0.3, 0.4) is 0 Å². The van der Waals surface area contributed by atoms with Gasteiger partial charge in [-0.3, -0.25) is 24.0 Å². The van der Waals surface area contributed by atoms with Crippen LogP contribution in [0.15, 0.2) is 24.3 Å². The highest BCUT2D eigenvalue weighted by Crippen LogP contribution is 2.12. The molecule has 15 nitrogen and oxygen atoms in total. The van der Waals surface area contributed by atoms with E-state index in [1.807, 2.05) is 0 Å². The number of rotatable bonds is 18. The van der Waals surface area contributed by atoms with Crippen molar-refractivity contribution in [3.63, 3.8) is 0 Å². The Morgan fingerprint density at radius 2 is 1.51 bits per heavy atom.